The van der Waals surface area contributed by atoms with Crippen LogP contribution in [0, 0.1) is 13.8 Å². The highest BCUT2D eigenvalue weighted by Gasteiger charge is 2.31. The fourth-order valence-electron chi connectivity index (χ4n) is 6.96. The molecule has 0 amide bonds. The molecule has 0 fully saturated rings. The molecule has 0 spiro atoms. The number of hydrogen-bond donors (Lipinski definition) is 1. The number of halogens is 2. The highest BCUT2D eigenvalue weighted by Crippen LogP contribution is 2.46. The Bertz CT molecular complexity index is 2550. The predicted molar refractivity (Wildman–Crippen MR) is 212 cm³/mol. The second-order valence-corrected chi connectivity index (χ2v) is 17.3. The van der Waals surface area contributed by atoms with Crippen LogP contribution in [-0.2, 0) is 36.0 Å². The molecule has 0 saturated carbocycles. The molecule has 0 radical (unpaired) electrons. The first-order valence-corrected chi connectivity index (χ1v) is 21.1. The first kappa shape index (κ1) is 37.1. The van der Waals surface area contributed by atoms with Crippen LogP contribution in [0.5, 0.6) is 11.5 Å². The largest absolute Gasteiger partial charge is 0.492 e. The molecule has 0 unspecified atom stereocenters. The molecule has 1 N–H and O–H groups in total. The van der Waals surface area contributed by atoms with Crippen molar-refractivity contribution in [1.29, 1.82) is 0 Å². The van der Waals surface area contributed by atoms with Crippen LogP contribution in [0.2, 0.25) is 0 Å². The second-order valence-electron chi connectivity index (χ2n) is 13.7. The highest BCUT2D eigenvalue weighted by atomic mass is 32.3. The minimum Gasteiger partial charge on any atom is -0.492 e. The molecule has 8 rings (SSSR count). The number of benzene rings is 2. The predicted octanol–water partition coefficient (Wildman–Crippen LogP) is 9.86. The van der Waals surface area contributed by atoms with E-state index in [0.29, 0.717) is 79.4 Å². The molecular weight excluding hydrogens is 763 g/mol. The first-order valence-electron chi connectivity index (χ1n) is 18.0. The second kappa shape index (κ2) is 15.3. The Morgan fingerprint density at radius 1 is 0.782 bits per heavy atom. The van der Waals surface area contributed by atoms with Gasteiger partial charge in [0.25, 0.3) is 0 Å². The number of allylic oxidation sites excluding steroid dienone is 2. The Hall–Kier alpha value is -4.89. The summed E-state index contributed by atoms with van der Waals surface area (Å²) in [6, 6.07) is 19.4. The van der Waals surface area contributed by atoms with Crippen molar-refractivity contribution in [3.05, 3.63) is 123 Å². The van der Waals surface area contributed by atoms with Crippen molar-refractivity contribution in [1.82, 2.24) is 19.6 Å². The van der Waals surface area contributed by atoms with Crippen LogP contribution in [0.4, 0.5) is 8.78 Å². The summed E-state index contributed by atoms with van der Waals surface area (Å²) in [6.07, 6.45) is 5.02. The van der Waals surface area contributed by atoms with Gasteiger partial charge in [-0.15, -0.1) is 22.7 Å². The Labute approximate surface area is 325 Å². The summed E-state index contributed by atoms with van der Waals surface area (Å²) < 4.78 is 81.1. The van der Waals surface area contributed by atoms with E-state index >= 15 is 8.78 Å². The van der Waals surface area contributed by atoms with Crippen molar-refractivity contribution in [2.75, 3.05) is 13.2 Å². The van der Waals surface area contributed by atoms with Gasteiger partial charge in [-0.1, -0.05) is 59.7 Å². The maximum absolute atomic E-state index is 16.1. The third-order valence-corrected chi connectivity index (χ3v) is 13.1. The van der Waals surface area contributed by atoms with Crippen LogP contribution in [0.3, 0.4) is 0 Å². The summed E-state index contributed by atoms with van der Waals surface area (Å²) in [6.45, 7) is 5.42. The van der Waals surface area contributed by atoms with Gasteiger partial charge in [-0.2, -0.15) is 18.6 Å². The van der Waals surface area contributed by atoms with Crippen molar-refractivity contribution in [2.45, 2.75) is 63.3 Å². The third-order valence-electron chi connectivity index (χ3n) is 9.72. The van der Waals surface area contributed by atoms with Crippen LogP contribution in [0.15, 0.2) is 82.4 Å². The minimum atomic E-state index is -4.49. The number of thiophene rings is 2. The summed E-state index contributed by atoms with van der Waals surface area (Å²) in [5.74, 6) is 0.137. The molecular formula is C41H38F2N4O5S3. The van der Waals surface area contributed by atoms with E-state index in [-0.39, 0.29) is 16.5 Å². The van der Waals surface area contributed by atoms with E-state index in [2.05, 4.69) is 24.3 Å². The Morgan fingerprint density at radius 3 is 1.82 bits per heavy atom. The van der Waals surface area contributed by atoms with Gasteiger partial charge in [-0.05, 0) is 67.8 Å². The van der Waals surface area contributed by atoms with Crippen LogP contribution in [0.25, 0.3) is 32.8 Å². The topological polar surface area (TPSA) is 108 Å². The van der Waals surface area contributed by atoms with E-state index in [0.717, 1.165) is 55.5 Å². The molecule has 2 aliphatic rings. The summed E-state index contributed by atoms with van der Waals surface area (Å²) >= 11 is 2.42. The van der Waals surface area contributed by atoms with Gasteiger partial charge in [0.1, 0.15) is 34.5 Å². The fourth-order valence-corrected chi connectivity index (χ4v) is 9.71. The number of fused-ring (bicyclic) bond motifs is 6. The van der Waals surface area contributed by atoms with Crippen molar-refractivity contribution in [3.63, 3.8) is 0 Å². The van der Waals surface area contributed by atoms with E-state index in [4.69, 9.17) is 19.7 Å². The number of ether oxygens (including phenoxy) is 2. The zero-order valence-corrected chi connectivity index (χ0v) is 32.7. The number of nitrogens with zero attached hydrogens (tertiary/aromatic N) is 4. The lowest BCUT2D eigenvalue weighted by molar-refractivity contribution is 0.326. The minimum absolute atomic E-state index is 0.152. The quantitative estimate of drug-likeness (QED) is 0.103. The van der Waals surface area contributed by atoms with Crippen LogP contribution in [-0.4, -0.2) is 45.7 Å². The SMILES string of the molecule is Cc1ccc(Cn2nc(C(F)=CCCCC=C(F)c3nn(Cc4ccc(C)cc4)c4c3CCOc3cc(S(=O)(=O)O)sc3-4)c3c2-c2sccc2OCC3)cc1. The normalized spacial score (nSPS) is 14.3. The van der Waals surface area contributed by atoms with Crippen LogP contribution < -0.4 is 9.47 Å². The maximum Gasteiger partial charge on any atom is 0.304 e. The Balaban J connectivity index is 1.04. The lowest BCUT2D eigenvalue weighted by Gasteiger charge is -2.08. The third kappa shape index (κ3) is 7.68. The van der Waals surface area contributed by atoms with Crippen molar-refractivity contribution in [3.8, 4) is 32.6 Å². The monoisotopic (exact) mass is 800 g/mol. The number of rotatable bonds is 11. The molecule has 0 bridgehead atoms. The number of hydrogen-bond acceptors (Lipinski definition) is 8. The zero-order valence-electron chi connectivity index (χ0n) is 30.2. The van der Waals surface area contributed by atoms with Gasteiger partial charge < -0.3 is 9.47 Å². The van der Waals surface area contributed by atoms with Gasteiger partial charge in [-0.3, -0.25) is 13.9 Å². The lowest BCUT2D eigenvalue weighted by Crippen LogP contribution is -2.04. The molecule has 2 aliphatic heterocycles. The number of unbranched alkanes of at least 4 members (excludes halogenated alkanes) is 2. The molecule has 0 atom stereocenters. The maximum atomic E-state index is 16.1. The standard InChI is InChI=1S/C41H38F2N4O5S3/c1-25-8-12-27(13-9-25)23-46-38-29(16-19-51-33-18-21-53-40(33)38)36(44-46)31(42)6-4-3-5-7-32(43)37-30-17-20-52-34-22-35(55(48,49)50)54-41(34)39(30)47(45-37)24-28-14-10-26(2)11-15-28/h6-15,18,21-22H,3-5,16-17,19-20,23-24H2,1-2H3,(H,48,49,50). The number of aromatic nitrogens is 4. The van der Waals surface area contributed by atoms with Gasteiger partial charge in [-0.25, -0.2) is 8.78 Å². The molecule has 9 nitrogen and oxygen atoms in total. The smallest absolute Gasteiger partial charge is 0.304 e. The van der Waals surface area contributed by atoms with Gasteiger partial charge >= 0.3 is 10.1 Å². The number of aryl methyl sites for hydroxylation is 2. The van der Waals surface area contributed by atoms with Gasteiger partial charge in [0.15, 0.2) is 4.21 Å². The van der Waals surface area contributed by atoms with E-state index in [1.54, 1.807) is 16.0 Å². The van der Waals surface area contributed by atoms with Crippen LogP contribution in [0.1, 0.15) is 64.0 Å². The van der Waals surface area contributed by atoms with Gasteiger partial charge in [0, 0.05) is 30.0 Å². The molecule has 6 aromatic rings. The molecule has 6 heterocycles. The Morgan fingerprint density at radius 2 is 1.29 bits per heavy atom. The average Bonchev–Trinajstić information content (AvgIpc) is 3.91. The van der Waals surface area contributed by atoms with Crippen molar-refractivity contribution >= 4 is 44.4 Å². The molecule has 4 aromatic heterocycles. The fraction of sp³-hybridized carbons (Fsp3) is 0.268. The molecule has 2 aromatic carbocycles. The van der Waals surface area contributed by atoms with E-state index < -0.39 is 21.8 Å². The van der Waals surface area contributed by atoms with Crippen molar-refractivity contribution in [2.24, 2.45) is 0 Å². The van der Waals surface area contributed by atoms with E-state index in [9.17, 15) is 13.0 Å². The highest BCUT2D eigenvalue weighted by molar-refractivity contribution is 7.88. The van der Waals surface area contributed by atoms with Crippen LogP contribution >= 0.6 is 22.7 Å². The summed E-state index contributed by atoms with van der Waals surface area (Å²) in [7, 11) is -4.49. The van der Waals surface area contributed by atoms with E-state index in [1.165, 1.54) is 18.2 Å². The molecule has 0 saturated heterocycles. The van der Waals surface area contributed by atoms with Gasteiger partial charge in [0.05, 0.1) is 47.4 Å². The zero-order chi connectivity index (χ0) is 38.3. The summed E-state index contributed by atoms with van der Waals surface area (Å²) in [5, 5.41) is 11.5. The molecule has 0 aliphatic carbocycles. The van der Waals surface area contributed by atoms with Crippen molar-refractivity contribution < 1.29 is 31.2 Å². The first-order chi connectivity index (χ1) is 26.5. The summed E-state index contributed by atoms with van der Waals surface area (Å²) in [4.78, 5) is 1.40. The Kier molecular flexibility index (Phi) is 10.3. The molecule has 14 heteroatoms. The van der Waals surface area contributed by atoms with E-state index in [1.807, 2.05) is 54.2 Å². The molecule has 284 valence electrons. The summed E-state index contributed by atoms with van der Waals surface area (Å²) in [5.41, 5.74) is 7.54. The van der Waals surface area contributed by atoms with Gasteiger partial charge in [0.2, 0.25) is 0 Å². The molecule has 55 heavy (non-hydrogen) atoms. The lowest BCUT2D eigenvalue weighted by atomic mass is 10.1. The average molecular weight is 801 g/mol.